The number of β-amino-alcohol motifs (C(OH)–C–C–N with tert-alkyl or cyclic N) is 1. The minimum absolute atomic E-state index is 0.134. The lowest BCUT2D eigenvalue weighted by Crippen LogP contribution is -2.57. The number of nitrogens with one attached hydrogen (secondary N) is 2. The van der Waals surface area contributed by atoms with Crippen molar-refractivity contribution in [1.29, 1.82) is 0 Å². The lowest BCUT2D eigenvalue weighted by molar-refractivity contribution is -0.136. The van der Waals surface area contributed by atoms with Gasteiger partial charge in [-0.25, -0.2) is 9.97 Å². The highest BCUT2D eigenvalue weighted by Crippen LogP contribution is 2.32. The number of carbonyl (C=O) groups is 2. The van der Waals surface area contributed by atoms with Crippen molar-refractivity contribution in [2.45, 2.75) is 38.0 Å². The van der Waals surface area contributed by atoms with Gasteiger partial charge in [-0.3, -0.25) is 14.5 Å². The van der Waals surface area contributed by atoms with Crippen LogP contribution in [0.15, 0.2) is 36.7 Å². The maximum atomic E-state index is 12.5. The van der Waals surface area contributed by atoms with Crippen LogP contribution in [0.25, 0.3) is 0 Å². The average molecular weight is 451 g/mol. The summed E-state index contributed by atoms with van der Waals surface area (Å²) in [6.07, 6.45) is 3.68. The van der Waals surface area contributed by atoms with E-state index in [1.54, 1.807) is 6.07 Å². The largest absolute Gasteiger partial charge is 0.390 e. The van der Waals surface area contributed by atoms with E-state index in [1.165, 1.54) is 17.5 Å². The summed E-state index contributed by atoms with van der Waals surface area (Å²) >= 11 is 0. The topological polar surface area (TPSA) is 111 Å². The van der Waals surface area contributed by atoms with Crippen molar-refractivity contribution in [3.63, 3.8) is 0 Å². The first-order valence-electron chi connectivity index (χ1n) is 11.7. The molecule has 2 aliphatic heterocycles. The molecule has 2 fully saturated rings. The number of aromatic nitrogens is 2. The van der Waals surface area contributed by atoms with Gasteiger partial charge >= 0.3 is 0 Å². The molecule has 174 valence electrons. The van der Waals surface area contributed by atoms with E-state index in [2.05, 4.69) is 43.7 Å². The molecular formula is C24H30N6O3. The van der Waals surface area contributed by atoms with Crippen LogP contribution in [0.1, 0.15) is 34.5 Å². The summed E-state index contributed by atoms with van der Waals surface area (Å²) in [5.41, 5.74) is 2.91. The zero-order valence-electron chi connectivity index (χ0n) is 18.6. The van der Waals surface area contributed by atoms with Crippen LogP contribution in [-0.2, 0) is 17.8 Å². The number of hydrogen-bond acceptors (Lipinski definition) is 7. The van der Waals surface area contributed by atoms with Crippen LogP contribution in [0.2, 0.25) is 0 Å². The first-order chi connectivity index (χ1) is 16.0. The highest BCUT2D eigenvalue weighted by atomic mass is 16.3. The lowest BCUT2D eigenvalue weighted by atomic mass is 10.00. The van der Waals surface area contributed by atoms with E-state index in [0.29, 0.717) is 25.5 Å². The molecule has 9 heteroatoms. The van der Waals surface area contributed by atoms with E-state index in [1.807, 2.05) is 11.0 Å². The third-order valence-corrected chi connectivity index (χ3v) is 6.55. The molecule has 1 saturated carbocycles. The van der Waals surface area contributed by atoms with Gasteiger partial charge in [0, 0.05) is 51.3 Å². The van der Waals surface area contributed by atoms with E-state index in [4.69, 9.17) is 0 Å². The summed E-state index contributed by atoms with van der Waals surface area (Å²) in [4.78, 5) is 36.9. The standard InChI is InChI=1S/C24H30N6O3/c31-20(14-29-8-7-16-3-1-2-4-18(16)11-29)10-25-23(32)21-9-22(27-15-26-21)28-19-12-30(13-19)24(33)17-5-6-17/h1-4,9,15,17,19-20,31H,5-8,10-14H2,(H,25,32)(H,26,27,28)/t20-/m0/s1. The van der Waals surface area contributed by atoms with Crippen molar-refractivity contribution >= 4 is 17.6 Å². The number of nitrogens with zero attached hydrogens (tertiary/aromatic N) is 4. The molecule has 9 nitrogen and oxygen atoms in total. The van der Waals surface area contributed by atoms with Crippen molar-refractivity contribution < 1.29 is 14.7 Å². The van der Waals surface area contributed by atoms with Crippen LogP contribution in [0.4, 0.5) is 5.82 Å². The molecule has 3 N–H and O–H groups in total. The molecule has 0 radical (unpaired) electrons. The predicted molar refractivity (Wildman–Crippen MR) is 123 cm³/mol. The summed E-state index contributed by atoms with van der Waals surface area (Å²) in [7, 11) is 0. The van der Waals surface area contributed by atoms with Crippen molar-refractivity contribution in [2.24, 2.45) is 5.92 Å². The number of fused-ring (bicyclic) bond motifs is 1. The lowest BCUT2D eigenvalue weighted by Gasteiger charge is -2.40. The summed E-state index contributed by atoms with van der Waals surface area (Å²) in [6, 6.07) is 10.1. The number of amides is 2. The molecule has 2 aromatic rings. The predicted octanol–water partition coefficient (Wildman–Crippen LogP) is 0.658. The summed E-state index contributed by atoms with van der Waals surface area (Å²) < 4.78 is 0. The van der Waals surface area contributed by atoms with Crippen molar-refractivity contribution in [1.82, 2.24) is 25.1 Å². The maximum absolute atomic E-state index is 12.5. The van der Waals surface area contributed by atoms with Crippen LogP contribution in [0, 0.1) is 5.92 Å². The van der Waals surface area contributed by atoms with Gasteiger partial charge in [0.15, 0.2) is 0 Å². The fourth-order valence-corrected chi connectivity index (χ4v) is 4.48. The highest BCUT2D eigenvalue weighted by Gasteiger charge is 2.39. The molecule has 3 heterocycles. The minimum atomic E-state index is -0.663. The monoisotopic (exact) mass is 450 g/mol. The maximum Gasteiger partial charge on any atom is 0.270 e. The Labute approximate surface area is 193 Å². The summed E-state index contributed by atoms with van der Waals surface area (Å²) in [6.45, 7) is 3.69. The van der Waals surface area contributed by atoms with Gasteiger partial charge in [-0.05, 0) is 30.4 Å². The van der Waals surface area contributed by atoms with E-state index in [-0.39, 0.29) is 36.0 Å². The number of aliphatic hydroxyl groups excluding tert-OH is 1. The Hall–Kier alpha value is -3.04. The van der Waals surface area contributed by atoms with E-state index < -0.39 is 6.10 Å². The van der Waals surface area contributed by atoms with Crippen LogP contribution >= 0.6 is 0 Å². The molecule has 5 rings (SSSR count). The number of benzene rings is 1. The van der Waals surface area contributed by atoms with Crippen molar-refractivity contribution in [3.05, 3.63) is 53.5 Å². The van der Waals surface area contributed by atoms with Crippen LogP contribution in [0.5, 0.6) is 0 Å². The van der Waals surface area contributed by atoms with Crippen molar-refractivity contribution in [3.8, 4) is 0 Å². The smallest absolute Gasteiger partial charge is 0.270 e. The number of aliphatic hydroxyl groups is 1. The molecule has 3 aliphatic rings. The Kier molecular flexibility index (Phi) is 6.24. The molecule has 33 heavy (non-hydrogen) atoms. The fraction of sp³-hybridized carbons (Fsp3) is 0.500. The third kappa shape index (κ3) is 5.31. The van der Waals surface area contributed by atoms with Gasteiger partial charge in [0.05, 0.1) is 12.1 Å². The Morgan fingerprint density at radius 2 is 1.94 bits per heavy atom. The Morgan fingerprint density at radius 1 is 1.15 bits per heavy atom. The number of anilines is 1. The fourth-order valence-electron chi connectivity index (χ4n) is 4.48. The SMILES string of the molecule is O=C(NC[C@H](O)CN1CCc2ccccc2C1)c1cc(NC2CN(C(=O)C3CC3)C2)ncn1. The van der Waals surface area contributed by atoms with E-state index >= 15 is 0 Å². The van der Waals surface area contributed by atoms with Crippen LogP contribution in [-0.4, -0.2) is 81.6 Å². The zero-order valence-corrected chi connectivity index (χ0v) is 18.6. The zero-order chi connectivity index (χ0) is 22.8. The Balaban J connectivity index is 1.06. The second kappa shape index (κ2) is 9.44. The van der Waals surface area contributed by atoms with Gasteiger partial charge in [0.25, 0.3) is 5.91 Å². The van der Waals surface area contributed by atoms with E-state index in [0.717, 1.165) is 32.4 Å². The first kappa shape index (κ1) is 21.8. The second-order valence-electron chi connectivity index (χ2n) is 9.26. The number of rotatable bonds is 8. The quantitative estimate of drug-likeness (QED) is 0.542. The number of hydrogen-bond donors (Lipinski definition) is 3. The van der Waals surface area contributed by atoms with Crippen molar-refractivity contribution in [2.75, 3.05) is 38.0 Å². The van der Waals surface area contributed by atoms with Gasteiger partial charge < -0.3 is 20.6 Å². The van der Waals surface area contributed by atoms with Crippen LogP contribution < -0.4 is 10.6 Å². The van der Waals surface area contributed by atoms with Gasteiger partial charge in [-0.15, -0.1) is 0 Å². The molecule has 2 amide bonds. The Bertz CT molecular complexity index is 1020. The minimum Gasteiger partial charge on any atom is -0.390 e. The van der Waals surface area contributed by atoms with Gasteiger partial charge in [-0.1, -0.05) is 24.3 Å². The van der Waals surface area contributed by atoms with Gasteiger partial charge in [0.2, 0.25) is 5.91 Å². The van der Waals surface area contributed by atoms with Gasteiger partial charge in [-0.2, -0.15) is 0 Å². The molecular weight excluding hydrogens is 420 g/mol. The normalized spacial score (nSPS) is 19.4. The van der Waals surface area contributed by atoms with Crippen LogP contribution in [0.3, 0.4) is 0 Å². The molecule has 1 aromatic heterocycles. The summed E-state index contributed by atoms with van der Waals surface area (Å²) in [5.74, 6) is 0.707. The molecule has 1 saturated heterocycles. The molecule has 0 spiro atoms. The van der Waals surface area contributed by atoms with Gasteiger partial charge in [0.1, 0.15) is 17.8 Å². The number of likely N-dealkylation sites (tertiary alicyclic amines) is 1. The van der Waals surface area contributed by atoms with E-state index in [9.17, 15) is 14.7 Å². The molecule has 1 aliphatic carbocycles. The first-order valence-corrected chi connectivity index (χ1v) is 11.7. The highest BCUT2D eigenvalue weighted by molar-refractivity contribution is 5.92. The average Bonchev–Trinajstić information content (AvgIpc) is 3.65. The molecule has 1 aromatic carbocycles. The molecule has 0 unspecified atom stereocenters. The Morgan fingerprint density at radius 3 is 2.73 bits per heavy atom. The second-order valence-corrected chi connectivity index (χ2v) is 9.26. The summed E-state index contributed by atoms with van der Waals surface area (Å²) in [5, 5.41) is 16.5. The molecule has 1 atom stereocenters. The number of carbonyl (C=O) groups excluding carboxylic acids is 2. The third-order valence-electron chi connectivity index (χ3n) is 6.55. The molecule has 0 bridgehead atoms.